The normalized spacial score (nSPS) is 14.9. The van der Waals surface area contributed by atoms with E-state index in [9.17, 15) is 22.8 Å². The smallest absolute Gasteiger partial charge is 0.269 e. The van der Waals surface area contributed by atoms with Crippen molar-refractivity contribution in [2.24, 2.45) is 0 Å². The fraction of sp³-hybridized carbons (Fsp3) is 0.444. The third-order valence-corrected chi connectivity index (χ3v) is 8.16. The average molecular weight is 514 g/mol. The van der Waals surface area contributed by atoms with E-state index in [2.05, 4.69) is 5.32 Å². The second-order valence-corrected chi connectivity index (χ2v) is 10.9. The maximum absolute atomic E-state index is 13.4. The molecule has 0 spiro atoms. The van der Waals surface area contributed by atoms with E-state index >= 15 is 0 Å². The molecule has 0 bridgehead atoms. The van der Waals surface area contributed by atoms with Crippen molar-refractivity contribution in [2.75, 3.05) is 13.1 Å². The molecule has 9 heteroatoms. The van der Waals surface area contributed by atoms with Crippen LogP contribution in [0.3, 0.4) is 0 Å². The molecular formula is C27H35N3O5S. The molecule has 1 N–H and O–H groups in total. The lowest BCUT2D eigenvalue weighted by Crippen LogP contribution is -2.49. The lowest BCUT2D eigenvalue weighted by atomic mass is 10.1. The zero-order chi connectivity index (χ0) is 26.3. The minimum atomic E-state index is -3.92. The van der Waals surface area contributed by atoms with Gasteiger partial charge in [-0.2, -0.15) is 0 Å². The maximum atomic E-state index is 13.4. The number of rotatable bonds is 12. The molecule has 1 aliphatic heterocycles. The Hall–Kier alpha value is -3.20. The van der Waals surface area contributed by atoms with E-state index in [-0.39, 0.29) is 48.2 Å². The highest BCUT2D eigenvalue weighted by molar-refractivity contribution is 7.90. The Morgan fingerprint density at radius 2 is 1.81 bits per heavy atom. The van der Waals surface area contributed by atoms with Gasteiger partial charge in [-0.15, -0.1) is 0 Å². The van der Waals surface area contributed by atoms with Gasteiger partial charge in [-0.3, -0.25) is 14.4 Å². The predicted molar refractivity (Wildman–Crippen MR) is 138 cm³/mol. The largest absolute Gasteiger partial charge is 0.354 e. The summed E-state index contributed by atoms with van der Waals surface area (Å²) in [7, 11) is -3.92. The Labute approximate surface area is 213 Å². The summed E-state index contributed by atoms with van der Waals surface area (Å²) in [6.07, 6.45) is 2.43. The highest BCUT2D eigenvalue weighted by Gasteiger charge is 2.40. The van der Waals surface area contributed by atoms with Gasteiger partial charge in [0.2, 0.25) is 11.8 Å². The molecule has 0 aliphatic carbocycles. The predicted octanol–water partition coefficient (Wildman–Crippen LogP) is 3.64. The Kier molecular flexibility index (Phi) is 9.25. The van der Waals surface area contributed by atoms with Gasteiger partial charge in [0.1, 0.15) is 10.9 Å². The molecule has 3 amide bonds. The van der Waals surface area contributed by atoms with E-state index < -0.39 is 22.0 Å². The molecule has 2 aromatic rings. The molecule has 2 aromatic carbocycles. The van der Waals surface area contributed by atoms with Crippen LogP contribution >= 0.6 is 0 Å². The van der Waals surface area contributed by atoms with Crippen LogP contribution in [0.4, 0.5) is 0 Å². The van der Waals surface area contributed by atoms with Crippen LogP contribution in [0.25, 0.3) is 0 Å². The number of unbranched alkanes of at least 4 members (excludes halogenated alkanes) is 1. The van der Waals surface area contributed by atoms with E-state index in [1.165, 1.54) is 12.1 Å². The first kappa shape index (κ1) is 27.4. The van der Waals surface area contributed by atoms with E-state index in [4.69, 9.17) is 0 Å². The molecular weight excluding hydrogens is 478 g/mol. The number of carbonyl (C=O) groups is 3. The van der Waals surface area contributed by atoms with Crippen molar-refractivity contribution in [3.8, 4) is 0 Å². The molecule has 0 aromatic heterocycles. The van der Waals surface area contributed by atoms with Crippen LogP contribution in [0.15, 0.2) is 53.4 Å². The van der Waals surface area contributed by atoms with Gasteiger partial charge < -0.3 is 10.2 Å². The van der Waals surface area contributed by atoms with Gasteiger partial charge in [-0.05, 0) is 43.9 Å². The van der Waals surface area contributed by atoms with Crippen molar-refractivity contribution in [2.45, 2.75) is 70.4 Å². The third kappa shape index (κ3) is 6.13. The first-order valence-electron chi connectivity index (χ1n) is 12.5. The monoisotopic (exact) mass is 513 g/mol. The van der Waals surface area contributed by atoms with E-state index in [1.807, 2.05) is 45.0 Å². The summed E-state index contributed by atoms with van der Waals surface area (Å²) < 4.78 is 26.4. The van der Waals surface area contributed by atoms with Gasteiger partial charge in [0.05, 0.1) is 5.56 Å². The Morgan fingerprint density at radius 3 is 2.47 bits per heavy atom. The summed E-state index contributed by atoms with van der Waals surface area (Å²) >= 11 is 0. The van der Waals surface area contributed by atoms with Gasteiger partial charge in [0.25, 0.3) is 15.9 Å². The molecule has 36 heavy (non-hydrogen) atoms. The maximum Gasteiger partial charge on any atom is 0.269 e. The topological polar surface area (TPSA) is 104 Å². The summed E-state index contributed by atoms with van der Waals surface area (Å²) in [6.45, 7) is 6.60. The van der Waals surface area contributed by atoms with Crippen molar-refractivity contribution in [1.82, 2.24) is 14.5 Å². The fourth-order valence-electron chi connectivity index (χ4n) is 4.40. The van der Waals surface area contributed by atoms with Crippen LogP contribution in [0, 0.1) is 6.92 Å². The highest BCUT2D eigenvalue weighted by Crippen LogP contribution is 2.30. The number of fused-ring (bicyclic) bond motifs is 1. The second-order valence-electron chi connectivity index (χ2n) is 9.06. The first-order valence-corrected chi connectivity index (χ1v) is 13.9. The number of nitrogens with one attached hydrogen (secondary N) is 1. The van der Waals surface area contributed by atoms with Crippen molar-refractivity contribution in [3.05, 3.63) is 65.2 Å². The molecule has 0 fully saturated rings. The van der Waals surface area contributed by atoms with Crippen LogP contribution in [-0.2, 0) is 26.2 Å². The number of sulfonamides is 1. The lowest BCUT2D eigenvalue weighted by molar-refractivity contribution is -0.141. The van der Waals surface area contributed by atoms with Crippen LogP contribution in [0.1, 0.15) is 67.4 Å². The molecule has 1 heterocycles. The fourth-order valence-corrected chi connectivity index (χ4v) is 6.01. The zero-order valence-electron chi connectivity index (χ0n) is 21.2. The minimum absolute atomic E-state index is 0.00259. The summed E-state index contributed by atoms with van der Waals surface area (Å²) in [5, 5.41) is 2.93. The van der Waals surface area contributed by atoms with Crippen LogP contribution < -0.4 is 5.32 Å². The van der Waals surface area contributed by atoms with Crippen LogP contribution in [0.2, 0.25) is 0 Å². The van der Waals surface area contributed by atoms with Crippen molar-refractivity contribution in [1.29, 1.82) is 0 Å². The van der Waals surface area contributed by atoms with Crippen LogP contribution in [-0.4, -0.2) is 54.5 Å². The van der Waals surface area contributed by atoms with Gasteiger partial charge in [-0.1, -0.05) is 62.2 Å². The van der Waals surface area contributed by atoms with Gasteiger partial charge in [0, 0.05) is 26.1 Å². The summed E-state index contributed by atoms with van der Waals surface area (Å²) in [5.41, 5.74) is 2.12. The van der Waals surface area contributed by atoms with E-state index in [0.717, 1.165) is 28.3 Å². The molecule has 0 saturated heterocycles. The van der Waals surface area contributed by atoms with Crippen LogP contribution in [0.5, 0.6) is 0 Å². The van der Waals surface area contributed by atoms with Crippen molar-refractivity contribution in [3.63, 3.8) is 0 Å². The zero-order valence-corrected chi connectivity index (χ0v) is 22.0. The number of nitrogens with zero attached hydrogens (tertiary/aromatic N) is 2. The second kappa shape index (κ2) is 12.2. The molecule has 0 radical (unpaired) electrons. The van der Waals surface area contributed by atoms with Gasteiger partial charge in [-0.25, -0.2) is 12.7 Å². The number of benzene rings is 2. The molecule has 3 rings (SSSR count). The van der Waals surface area contributed by atoms with Gasteiger partial charge >= 0.3 is 0 Å². The number of aryl methyl sites for hydroxylation is 1. The molecule has 194 valence electrons. The van der Waals surface area contributed by atoms with Crippen molar-refractivity contribution >= 4 is 27.7 Å². The third-order valence-electron chi connectivity index (χ3n) is 6.31. The molecule has 8 nitrogen and oxygen atoms in total. The molecule has 1 atom stereocenters. The minimum Gasteiger partial charge on any atom is -0.354 e. The van der Waals surface area contributed by atoms with E-state index in [0.29, 0.717) is 13.0 Å². The Balaban J connectivity index is 1.73. The standard InChI is InChI=1S/C27H35N3O5S/c1-4-6-16-28-26(32)23(5-2)29(19-21-12-9-11-20(3)18-21)25(31)15-10-17-30-27(33)22-13-7-8-14-24(22)36(30,34)35/h7-9,11-14,18,23H,4-6,10,15-17,19H2,1-3H3,(H,28,32)/t23-/m0/s1. The first-order chi connectivity index (χ1) is 17.2. The average Bonchev–Trinajstić information content (AvgIpc) is 3.04. The molecule has 0 unspecified atom stereocenters. The Morgan fingerprint density at radius 1 is 1.06 bits per heavy atom. The SMILES string of the molecule is CCCCNC(=O)[C@H](CC)N(Cc1cccc(C)c1)C(=O)CCCN1C(=O)c2ccccc2S1(=O)=O. The summed E-state index contributed by atoms with van der Waals surface area (Å²) in [6, 6.07) is 13.3. The summed E-state index contributed by atoms with van der Waals surface area (Å²) in [5.74, 6) is -1.02. The molecule has 1 aliphatic rings. The van der Waals surface area contributed by atoms with Crippen molar-refractivity contribution < 1.29 is 22.8 Å². The van der Waals surface area contributed by atoms with E-state index in [1.54, 1.807) is 17.0 Å². The number of hydrogen-bond donors (Lipinski definition) is 1. The molecule has 0 saturated carbocycles. The lowest BCUT2D eigenvalue weighted by Gasteiger charge is -2.31. The Bertz CT molecular complexity index is 1210. The summed E-state index contributed by atoms with van der Waals surface area (Å²) in [4.78, 5) is 40.6. The number of carbonyl (C=O) groups excluding carboxylic acids is 3. The van der Waals surface area contributed by atoms with Gasteiger partial charge in [0.15, 0.2) is 0 Å². The number of hydrogen-bond acceptors (Lipinski definition) is 5. The number of amides is 3. The highest BCUT2D eigenvalue weighted by atomic mass is 32.2. The quantitative estimate of drug-likeness (QED) is 0.437.